The minimum absolute atomic E-state index is 0.154. The van der Waals surface area contributed by atoms with Crippen LogP contribution in [0.5, 0.6) is 0 Å². The lowest BCUT2D eigenvalue weighted by Gasteiger charge is -2.14. The number of nitrogens with one attached hydrogen (secondary N) is 2. The van der Waals surface area contributed by atoms with E-state index in [4.69, 9.17) is 5.73 Å². The quantitative estimate of drug-likeness (QED) is 0.723. The number of carbonyl (C=O) groups is 1. The Balaban J connectivity index is 2.06. The molecule has 1 aromatic carbocycles. The molecule has 1 fully saturated rings. The van der Waals surface area contributed by atoms with Gasteiger partial charge in [-0.25, -0.2) is 4.79 Å². The summed E-state index contributed by atoms with van der Waals surface area (Å²) in [7, 11) is 0. The lowest BCUT2D eigenvalue weighted by molar-refractivity contribution is 0.248. The number of rotatable bonds is 2. The fourth-order valence-electron chi connectivity index (χ4n) is 2.43. The number of anilines is 1. The molecule has 2 rings (SSSR count). The maximum absolute atomic E-state index is 12.0. The van der Waals surface area contributed by atoms with E-state index in [9.17, 15) is 4.79 Å². The third kappa shape index (κ3) is 4.01. The molecule has 1 aliphatic carbocycles. The zero-order valence-corrected chi connectivity index (χ0v) is 11.8. The van der Waals surface area contributed by atoms with E-state index in [0.29, 0.717) is 12.6 Å². The van der Waals surface area contributed by atoms with Gasteiger partial charge in [0.15, 0.2) is 0 Å². The van der Waals surface area contributed by atoms with E-state index in [-0.39, 0.29) is 6.03 Å². The van der Waals surface area contributed by atoms with Crippen molar-refractivity contribution in [1.82, 2.24) is 5.32 Å². The smallest absolute Gasteiger partial charge is 0.319 e. The molecule has 2 amide bonds. The summed E-state index contributed by atoms with van der Waals surface area (Å²) in [5, 5.41) is 5.90. The van der Waals surface area contributed by atoms with Gasteiger partial charge in [0, 0.05) is 11.6 Å². The molecule has 0 unspecified atom stereocenters. The highest BCUT2D eigenvalue weighted by molar-refractivity contribution is 5.91. The molecule has 0 aromatic heterocycles. The van der Waals surface area contributed by atoms with Crippen LogP contribution < -0.4 is 16.4 Å². The third-order valence-corrected chi connectivity index (χ3v) is 3.44. The van der Waals surface area contributed by atoms with Crippen molar-refractivity contribution in [2.45, 2.75) is 38.6 Å². The van der Waals surface area contributed by atoms with Crippen LogP contribution in [0.15, 0.2) is 18.2 Å². The van der Waals surface area contributed by atoms with Crippen molar-refractivity contribution >= 4 is 11.7 Å². The molecule has 1 aliphatic rings. The van der Waals surface area contributed by atoms with Crippen LogP contribution in [0.3, 0.4) is 0 Å². The molecule has 0 aliphatic heterocycles. The van der Waals surface area contributed by atoms with Crippen LogP contribution in [-0.4, -0.2) is 18.6 Å². The minimum atomic E-state index is -0.154. The zero-order chi connectivity index (χ0) is 14.4. The van der Waals surface area contributed by atoms with Crippen LogP contribution in [0.1, 0.15) is 36.8 Å². The summed E-state index contributed by atoms with van der Waals surface area (Å²) >= 11 is 0. The van der Waals surface area contributed by atoms with Crippen LogP contribution >= 0.6 is 0 Å². The predicted octanol–water partition coefficient (Wildman–Crippen LogP) is 2.37. The van der Waals surface area contributed by atoms with E-state index < -0.39 is 0 Å². The number of aryl methyl sites for hydroxylation is 1. The van der Waals surface area contributed by atoms with Crippen LogP contribution in [-0.2, 0) is 0 Å². The second-order valence-corrected chi connectivity index (χ2v) is 5.13. The zero-order valence-electron chi connectivity index (χ0n) is 11.8. The molecule has 106 valence electrons. The monoisotopic (exact) mass is 271 g/mol. The van der Waals surface area contributed by atoms with Gasteiger partial charge >= 0.3 is 6.03 Å². The molecular weight excluding hydrogens is 250 g/mol. The maximum Gasteiger partial charge on any atom is 0.319 e. The molecule has 4 nitrogen and oxygen atoms in total. The van der Waals surface area contributed by atoms with Crippen molar-refractivity contribution in [3.8, 4) is 11.8 Å². The van der Waals surface area contributed by atoms with E-state index in [1.807, 2.05) is 25.1 Å². The van der Waals surface area contributed by atoms with Crippen molar-refractivity contribution in [3.63, 3.8) is 0 Å². The Morgan fingerprint density at radius 2 is 2.15 bits per heavy atom. The highest BCUT2D eigenvalue weighted by atomic mass is 16.2. The first-order valence-corrected chi connectivity index (χ1v) is 7.06. The largest absolute Gasteiger partial charge is 0.335 e. The Hall–Kier alpha value is -1.99. The standard InChI is InChI=1S/C16H21N3O/c1-12-8-9-13(5-4-10-17)15(11-12)19-16(20)18-14-6-2-3-7-14/h8-9,11,14H,2-3,6-7,10,17H2,1H3,(H2,18,19,20). The van der Waals surface area contributed by atoms with Gasteiger partial charge in [-0.1, -0.05) is 30.7 Å². The summed E-state index contributed by atoms with van der Waals surface area (Å²) in [6.07, 6.45) is 4.54. The van der Waals surface area contributed by atoms with Crippen LogP contribution in [0.2, 0.25) is 0 Å². The van der Waals surface area contributed by atoms with Crippen molar-refractivity contribution in [3.05, 3.63) is 29.3 Å². The number of nitrogens with two attached hydrogens (primary N) is 1. The number of urea groups is 1. The molecule has 0 atom stereocenters. The SMILES string of the molecule is Cc1ccc(C#CCN)c(NC(=O)NC2CCCC2)c1. The predicted molar refractivity (Wildman–Crippen MR) is 81.5 cm³/mol. The fourth-order valence-corrected chi connectivity index (χ4v) is 2.43. The Morgan fingerprint density at radius 3 is 2.85 bits per heavy atom. The minimum Gasteiger partial charge on any atom is -0.335 e. The van der Waals surface area contributed by atoms with E-state index in [1.165, 1.54) is 12.8 Å². The van der Waals surface area contributed by atoms with Crippen molar-refractivity contribution in [2.24, 2.45) is 5.73 Å². The highest BCUT2D eigenvalue weighted by Crippen LogP contribution is 2.19. The average molecular weight is 271 g/mol. The van der Waals surface area contributed by atoms with Gasteiger partial charge in [-0.3, -0.25) is 0 Å². The average Bonchev–Trinajstić information content (AvgIpc) is 2.90. The van der Waals surface area contributed by atoms with E-state index >= 15 is 0 Å². The Morgan fingerprint density at radius 1 is 1.40 bits per heavy atom. The van der Waals surface area contributed by atoms with Crippen LogP contribution in [0.4, 0.5) is 10.5 Å². The Kier molecular flexibility index (Phi) is 5.03. The second-order valence-electron chi connectivity index (χ2n) is 5.13. The molecule has 20 heavy (non-hydrogen) atoms. The molecular formula is C16H21N3O. The molecule has 0 heterocycles. The third-order valence-electron chi connectivity index (χ3n) is 3.44. The molecule has 0 spiro atoms. The molecule has 1 aromatic rings. The number of benzene rings is 1. The fraction of sp³-hybridized carbons (Fsp3) is 0.438. The van der Waals surface area contributed by atoms with Gasteiger partial charge in [0.25, 0.3) is 0 Å². The maximum atomic E-state index is 12.0. The summed E-state index contributed by atoms with van der Waals surface area (Å²) in [5.41, 5.74) is 8.01. The van der Waals surface area contributed by atoms with Crippen molar-refractivity contribution in [1.29, 1.82) is 0 Å². The number of amides is 2. The number of hydrogen-bond donors (Lipinski definition) is 3. The number of carbonyl (C=O) groups excluding carboxylic acids is 1. The number of hydrogen-bond acceptors (Lipinski definition) is 2. The lowest BCUT2D eigenvalue weighted by Crippen LogP contribution is -2.36. The van der Waals surface area contributed by atoms with Crippen molar-refractivity contribution < 1.29 is 4.79 Å². The molecule has 4 N–H and O–H groups in total. The summed E-state index contributed by atoms with van der Waals surface area (Å²) in [5.74, 6) is 5.80. The first kappa shape index (κ1) is 14.4. The van der Waals surface area contributed by atoms with Gasteiger partial charge in [-0.2, -0.15) is 0 Å². The lowest BCUT2D eigenvalue weighted by atomic mass is 10.1. The molecule has 4 heteroatoms. The van der Waals surface area contributed by atoms with Crippen molar-refractivity contribution in [2.75, 3.05) is 11.9 Å². The topological polar surface area (TPSA) is 67.1 Å². The Bertz CT molecular complexity index is 536. The first-order chi connectivity index (χ1) is 9.69. The van der Waals surface area contributed by atoms with Gasteiger partial charge in [-0.05, 0) is 37.5 Å². The van der Waals surface area contributed by atoms with E-state index in [1.54, 1.807) is 0 Å². The van der Waals surface area contributed by atoms with Crippen LogP contribution in [0.25, 0.3) is 0 Å². The normalized spacial score (nSPS) is 14.5. The van der Waals surface area contributed by atoms with E-state index in [2.05, 4.69) is 22.5 Å². The summed E-state index contributed by atoms with van der Waals surface area (Å²) in [6.45, 7) is 2.29. The Labute approximate surface area is 120 Å². The van der Waals surface area contributed by atoms with Gasteiger partial charge in [0.2, 0.25) is 0 Å². The summed E-state index contributed by atoms with van der Waals surface area (Å²) in [4.78, 5) is 12.0. The second kappa shape index (κ2) is 6.97. The van der Waals surface area contributed by atoms with Gasteiger partial charge in [-0.15, -0.1) is 0 Å². The molecule has 0 saturated heterocycles. The highest BCUT2D eigenvalue weighted by Gasteiger charge is 2.17. The van der Waals surface area contributed by atoms with Gasteiger partial charge < -0.3 is 16.4 Å². The van der Waals surface area contributed by atoms with Gasteiger partial charge in [0.05, 0.1) is 12.2 Å². The summed E-state index contributed by atoms with van der Waals surface area (Å²) in [6, 6.07) is 5.95. The van der Waals surface area contributed by atoms with Gasteiger partial charge in [0.1, 0.15) is 0 Å². The first-order valence-electron chi connectivity index (χ1n) is 7.06. The molecule has 0 radical (unpaired) electrons. The molecule has 1 saturated carbocycles. The summed E-state index contributed by atoms with van der Waals surface area (Å²) < 4.78 is 0. The molecule has 0 bridgehead atoms. The van der Waals surface area contributed by atoms with E-state index in [0.717, 1.165) is 29.7 Å². The van der Waals surface area contributed by atoms with Crippen LogP contribution in [0, 0.1) is 18.8 Å².